The fourth-order valence-corrected chi connectivity index (χ4v) is 2.53. The van der Waals surface area contributed by atoms with Crippen LogP contribution in [-0.2, 0) is 6.42 Å². The third-order valence-electron chi connectivity index (χ3n) is 3.50. The Kier molecular flexibility index (Phi) is 4.05. The van der Waals surface area contributed by atoms with Crippen LogP contribution in [0, 0.1) is 18.7 Å². The second-order valence-electron chi connectivity index (χ2n) is 5.10. The average molecular weight is 256 g/mol. The lowest BCUT2D eigenvalue weighted by Crippen LogP contribution is -2.22. The van der Waals surface area contributed by atoms with Crippen molar-refractivity contribution in [2.24, 2.45) is 11.7 Å². The molecule has 0 saturated heterocycles. The van der Waals surface area contributed by atoms with Crippen molar-refractivity contribution in [3.8, 4) is 0 Å². The van der Waals surface area contributed by atoms with Gasteiger partial charge in [-0.05, 0) is 62.1 Å². The minimum atomic E-state index is -0.301. The van der Waals surface area contributed by atoms with Crippen molar-refractivity contribution >= 4 is 11.6 Å². The predicted octanol–water partition coefficient (Wildman–Crippen LogP) is 3.85. The van der Waals surface area contributed by atoms with E-state index in [1.165, 1.54) is 12.8 Å². The maximum absolute atomic E-state index is 13.3. The van der Waals surface area contributed by atoms with Crippen LogP contribution in [0.4, 0.5) is 4.39 Å². The fourth-order valence-electron chi connectivity index (χ4n) is 2.24. The highest BCUT2D eigenvalue weighted by atomic mass is 35.5. The van der Waals surface area contributed by atoms with Crippen LogP contribution < -0.4 is 5.73 Å². The van der Waals surface area contributed by atoms with E-state index in [0.717, 1.165) is 30.7 Å². The summed E-state index contributed by atoms with van der Waals surface area (Å²) in [4.78, 5) is 0. The van der Waals surface area contributed by atoms with E-state index < -0.39 is 0 Å². The molecule has 0 spiro atoms. The van der Waals surface area contributed by atoms with E-state index in [9.17, 15) is 4.39 Å². The summed E-state index contributed by atoms with van der Waals surface area (Å²) in [5, 5.41) is 0.228. The van der Waals surface area contributed by atoms with Gasteiger partial charge < -0.3 is 5.73 Å². The fraction of sp³-hybridized carbons (Fsp3) is 0.571. The quantitative estimate of drug-likeness (QED) is 0.850. The molecule has 0 aliphatic heterocycles. The Morgan fingerprint density at radius 3 is 2.76 bits per heavy atom. The third-order valence-corrected chi connectivity index (χ3v) is 3.78. The van der Waals surface area contributed by atoms with Crippen molar-refractivity contribution in [1.82, 2.24) is 0 Å². The zero-order chi connectivity index (χ0) is 12.4. The maximum atomic E-state index is 13.3. The summed E-state index contributed by atoms with van der Waals surface area (Å²) in [7, 11) is 0. The van der Waals surface area contributed by atoms with Crippen molar-refractivity contribution in [3.63, 3.8) is 0 Å². The normalized spacial score (nSPS) is 17.2. The predicted molar refractivity (Wildman–Crippen MR) is 69.8 cm³/mol. The number of rotatable bonds is 5. The number of benzene rings is 1. The summed E-state index contributed by atoms with van der Waals surface area (Å²) in [6.07, 6.45) is 5.63. The first kappa shape index (κ1) is 12.8. The van der Waals surface area contributed by atoms with Gasteiger partial charge in [0.2, 0.25) is 0 Å². The third kappa shape index (κ3) is 3.43. The molecule has 1 saturated carbocycles. The lowest BCUT2D eigenvalue weighted by atomic mass is 10.0. The summed E-state index contributed by atoms with van der Waals surface area (Å²) in [5.41, 5.74) is 7.77. The van der Waals surface area contributed by atoms with Gasteiger partial charge in [-0.2, -0.15) is 0 Å². The van der Waals surface area contributed by atoms with E-state index >= 15 is 0 Å². The molecule has 1 aromatic rings. The van der Waals surface area contributed by atoms with Crippen LogP contribution in [0.2, 0.25) is 5.02 Å². The summed E-state index contributed by atoms with van der Waals surface area (Å²) in [6, 6.07) is 3.96. The SMILES string of the molecule is Cc1cc(CCC[C@@H](N)C2CC2)cc(Cl)c1F. The zero-order valence-electron chi connectivity index (χ0n) is 10.2. The van der Waals surface area contributed by atoms with E-state index in [-0.39, 0.29) is 10.8 Å². The smallest absolute Gasteiger partial charge is 0.144 e. The number of hydrogen-bond acceptors (Lipinski definition) is 1. The summed E-state index contributed by atoms with van der Waals surface area (Å²) >= 11 is 5.82. The highest BCUT2D eigenvalue weighted by Gasteiger charge is 2.27. The van der Waals surface area contributed by atoms with Gasteiger partial charge in [-0.15, -0.1) is 0 Å². The Bertz CT molecular complexity index is 378. The highest BCUT2D eigenvalue weighted by molar-refractivity contribution is 6.30. The lowest BCUT2D eigenvalue weighted by Gasteiger charge is -2.10. The van der Waals surface area contributed by atoms with Gasteiger partial charge in [0.15, 0.2) is 0 Å². The molecular formula is C14H19ClFN. The van der Waals surface area contributed by atoms with Gasteiger partial charge in [0, 0.05) is 6.04 Å². The molecule has 1 aromatic carbocycles. The topological polar surface area (TPSA) is 26.0 Å². The monoisotopic (exact) mass is 255 g/mol. The Balaban J connectivity index is 1.86. The second kappa shape index (κ2) is 5.36. The van der Waals surface area contributed by atoms with E-state index in [2.05, 4.69) is 0 Å². The molecule has 0 radical (unpaired) electrons. The van der Waals surface area contributed by atoms with Crippen LogP contribution in [-0.4, -0.2) is 6.04 Å². The van der Waals surface area contributed by atoms with Crippen molar-refractivity contribution in [3.05, 3.63) is 34.1 Å². The Morgan fingerprint density at radius 2 is 2.18 bits per heavy atom. The second-order valence-corrected chi connectivity index (χ2v) is 5.51. The largest absolute Gasteiger partial charge is 0.327 e. The van der Waals surface area contributed by atoms with Gasteiger partial charge in [-0.1, -0.05) is 17.7 Å². The van der Waals surface area contributed by atoms with Gasteiger partial charge in [0.25, 0.3) is 0 Å². The highest BCUT2D eigenvalue weighted by Crippen LogP contribution is 2.33. The molecule has 1 aliphatic carbocycles. The van der Waals surface area contributed by atoms with Crippen molar-refractivity contribution in [1.29, 1.82) is 0 Å². The maximum Gasteiger partial charge on any atom is 0.144 e. The van der Waals surface area contributed by atoms with Crippen LogP contribution in [0.1, 0.15) is 36.8 Å². The summed E-state index contributed by atoms with van der Waals surface area (Å²) < 4.78 is 13.3. The number of aryl methyl sites for hydroxylation is 2. The van der Waals surface area contributed by atoms with Crippen LogP contribution in [0.15, 0.2) is 12.1 Å². The number of nitrogens with two attached hydrogens (primary N) is 1. The summed E-state index contributed by atoms with van der Waals surface area (Å²) in [5.74, 6) is 0.457. The van der Waals surface area contributed by atoms with Crippen molar-refractivity contribution in [2.45, 2.75) is 45.1 Å². The van der Waals surface area contributed by atoms with Gasteiger partial charge in [0.1, 0.15) is 5.82 Å². The van der Waals surface area contributed by atoms with Crippen LogP contribution in [0.5, 0.6) is 0 Å². The van der Waals surface area contributed by atoms with Gasteiger partial charge in [0.05, 0.1) is 5.02 Å². The van der Waals surface area contributed by atoms with Crippen molar-refractivity contribution in [2.75, 3.05) is 0 Å². The minimum absolute atomic E-state index is 0.228. The number of hydrogen-bond donors (Lipinski definition) is 1. The molecular weight excluding hydrogens is 237 g/mol. The lowest BCUT2D eigenvalue weighted by molar-refractivity contribution is 0.528. The van der Waals surface area contributed by atoms with Gasteiger partial charge >= 0.3 is 0 Å². The van der Waals surface area contributed by atoms with Gasteiger partial charge in [-0.25, -0.2) is 4.39 Å². The van der Waals surface area contributed by atoms with E-state index in [4.69, 9.17) is 17.3 Å². The Hall–Kier alpha value is -0.600. The molecule has 1 fully saturated rings. The number of halogens is 2. The standard InChI is InChI=1S/C14H19ClFN/c1-9-7-10(8-12(15)14(9)16)3-2-4-13(17)11-5-6-11/h7-8,11,13H,2-6,17H2,1H3/t13-/m1/s1. The molecule has 1 nitrogen and oxygen atoms in total. The van der Waals surface area contributed by atoms with E-state index in [1.807, 2.05) is 6.07 Å². The molecule has 1 aliphatic rings. The Labute approximate surface area is 107 Å². The van der Waals surface area contributed by atoms with Crippen LogP contribution in [0.3, 0.4) is 0 Å². The van der Waals surface area contributed by atoms with Gasteiger partial charge in [-0.3, -0.25) is 0 Å². The summed E-state index contributed by atoms with van der Waals surface area (Å²) in [6.45, 7) is 1.75. The Morgan fingerprint density at radius 1 is 1.47 bits per heavy atom. The molecule has 3 heteroatoms. The molecule has 0 heterocycles. The molecule has 0 amide bonds. The van der Waals surface area contributed by atoms with E-state index in [1.54, 1.807) is 13.0 Å². The molecule has 0 bridgehead atoms. The first-order valence-electron chi connectivity index (χ1n) is 6.28. The molecule has 0 aromatic heterocycles. The molecule has 17 heavy (non-hydrogen) atoms. The van der Waals surface area contributed by atoms with E-state index in [0.29, 0.717) is 11.6 Å². The minimum Gasteiger partial charge on any atom is -0.327 e. The first-order valence-corrected chi connectivity index (χ1v) is 6.66. The van der Waals surface area contributed by atoms with Crippen LogP contribution >= 0.6 is 11.6 Å². The molecule has 2 N–H and O–H groups in total. The zero-order valence-corrected chi connectivity index (χ0v) is 10.9. The van der Waals surface area contributed by atoms with Crippen LogP contribution in [0.25, 0.3) is 0 Å². The molecule has 2 rings (SSSR count). The molecule has 1 atom stereocenters. The van der Waals surface area contributed by atoms with Crippen molar-refractivity contribution < 1.29 is 4.39 Å². The molecule has 0 unspecified atom stereocenters. The average Bonchev–Trinajstić information content (AvgIpc) is 3.09. The molecule has 94 valence electrons. The first-order chi connectivity index (χ1) is 8.08.